The number of carbonyl (C=O) groups is 1. The van der Waals surface area contributed by atoms with Gasteiger partial charge in [0.2, 0.25) is 12.0 Å². The van der Waals surface area contributed by atoms with Crippen LogP contribution in [0.25, 0.3) is 11.1 Å². The third-order valence-corrected chi connectivity index (χ3v) is 4.81. The first-order valence-corrected chi connectivity index (χ1v) is 12.4. The minimum absolute atomic E-state index is 0.0728. The second kappa shape index (κ2) is 23.2. The molecule has 2 rings (SSSR count). The molecular weight excluding hydrogens is 429 g/mol. The summed E-state index contributed by atoms with van der Waals surface area (Å²) in [5.41, 5.74) is 2.16. The van der Waals surface area contributed by atoms with Crippen molar-refractivity contribution in [3.05, 3.63) is 58.3 Å². The van der Waals surface area contributed by atoms with Gasteiger partial charge < -0.3 is 9.88 Å². The second-order valence-corrected chi connectivity index (χ2v) is 7.61. The molecule has 190 valence electrons. The van der Waals surface area contributed by atoms with Crippen LogP contribution in [0, 0.1) is 24.1 Å². The van der Waals surface area contributed by atoms with Gasteiger partial charge in [-0.25, -0.2) is 4.39 Å². The van der Waals surface area contributed by atoms with E-state index in [0.29, 0.717) is 12.0 Å². The molecule has 2 aromatic rings. The first-order chi connectivity index (χ1) is 16.4. The summed E-state index contributed by atoms with van der Waals surface area (Å²) in [6, 6.07) is 9.97. The van der Waals surface area contributed by atoms with Crippen molar-refractivity contribution in [2.45, 2.75) is 86.0 Å². The third-order valence-electron chi connectivity index (χ3n) is 4.81. The molecule has 0 aliphatic heterocycles. The molecule has 6 heteroatoms. The summed E-state index contributed by atoms with van der Waals surface area (Å²) in [7, 11) is 1.68. The number of nitrogens with one attached hydrogen (secondary N) is 1. The van der Waals surface area contributed by atoms with E-state index in [1.807, 2.05) is 19.9 Å². The van der Waals surface area contributed by atoms with Crippen molar-refractivity contribution in [2.24, 2.45) is 7.05 Å². The molecule has 0 spiro atoms. The molecule has 0 fully saturated rings. The van der Waals surface area contributed by atoms with E-state index in [4.69, 9.17) is 5.26 Å². The smallest absolute Gasteiger partial charge is 0.250 e. The number of nitriles is 1. The maximum absolute atomic E-state index is 13.4. The predicted octanol–water partition coefficient (Wildman–Crippen LogP) is 6.93. The number of amides is 1. The van der Waals surface area contributed by atoms with E-state index in [0.717, 1.165) is 11.1 Å². The Balaban J connectivity index is 0. The topological polar surface area (TPSA) is 74.9 Å². The van der Waals surface area contributed by atoms with Crippen LogP contribution >= 0.6 is 0 Å². The Hall–Kier alpha value is -2.94. The number of halogens is 1. The van der Waals surface area contributed by atoms with Gasteiger partial charge in [-0.2, -0.15) is 5.26 Å². The van der Waals surface area contributed by atoms with Crippen molar-refractivity contribution in [3.63, 3.8) is 0 Å². The number of nitrogens with zero attached hydrogens (tertiary/aromatic N) is 2. The third kappa shape index (κ3) is 16.7. The molecule has 0 saturated carbocycles. The zero-order chi connectivity index (χ0) is 26.2. The Labute approximate surface area is 206 Å². The van der Waals surface area contributed by atoms with Gasteiger partial charge in [0.05, 0.1) is 6.07 Å². The van der Waals surface area contributed by atoms with Crippen molar-refractivity contribution in [2.75, 3.05) is 6.54 Å². The van der Waals surface area contributed by atoms with E-state index in [9.17, 15) is 14.0 Å². The van der Waals surface area contributed by atoms with Crippen LogP contribution < -0.4 is 10.9 Å². The predicted molar refractivity (Wildman–Crippen MR) is 141 cm³/mol. The van der Waals surface area contributed by atoms with Crippen LogP contribution in [-0.4, -0.2) is 17.5 Å². The zero-order valence-corrected chi connectivity index (χ0v) is 22.0. The Morgan fingerprint density at radius 1 is 0.971 bits per heavy atom. The molecule has 34 heavy (non-hydrogen) atoms. The highest BCUT2D eigenvalue weighted by Crippen LogP contribution is 2.20. The lowest BCUT2D eigenvalue weighted by Crippen LogP contribution is -2.13. The van der Waals surface area contributed by atoms with Gasteiger partial charge in [-0.05, 0) is 35.7 Å². The first kappa shape index (κ1) is 33.2. The number of carbonyl (C=O) groups excluding carboxylic acids is 1. The molecule has 0 bridgehead atoms. The number of hydrogen-bond donors (Lipinski definition) is 1. The second-order valence-electron chi connectivity index (χ2n) is 7.61. The number of hydrogen-bond acceptors (Lipinski definition) is 3. The van der Waals surface area contributed by atoms with Crippen LogP contribution in [0.15, 0.2) is 41.3 Å². The number of unbranched alkanes of at least 4 members (excludes halogenated alkanes) is 7. The van der Waals surface area contributed by atoms with E-state index in [2.05, 4.69) is 19.2 Å². The van der Waals surface area contributed by atoms with Crippen LogP contribution in [-0.2, 0) is 11.8 Å². The van der Waals surface area contributed by atoms with E-state index >= 15 is 0 Å². The Morgan fingerprint density at radius 2 is 1.50 bits per heavy atom. The molecule has 1 N–H and O–H groups in total. The fourth-order valence-electron chi connectivity index (χ4n) is 2.83. The van der Waals surface area contributed by atoms with Gasteiger partial charge in [0.15, 0.2) is 0 Å². The molecule has 1 heterocycles. The zero-order valence-electron chi connectivity index (χ0n) is 22.0. The normalized spacial score (nSPS) is 9.12. The minimum atomic E-state index is -0.230. The quantitative estimate of drug-likeness (QED) is 0.231. The monoisotopic (exact) mass is 473 g/mol. The molecule has 0 unspecified atom stereocenters. The van der Waals surface area contributed by atoms with Crippen LogP contribution in [0.4, 0.5) is 4.39 Å². The standard InChI is InChI=1S/C13H12FNO.C10H22.C3H4N2O.C2H6/c1-9-3-4-10(7-12(9)14)11-5-6-13(16)15(2)8-11;1-3-5-7-9-10-8-6-4-2;4-1-2-5-3-6;1-2/h3-8H,1-2H3;3-10H2,1-2H3;3H,2H2,(H,5,6);1-2H3. The van der Waals surface area contributed by atoms with Gasteiger partial charge >= 0.3 is 0 Å². The Kier molecular flexibility index (Phi) is 22.7. The molecule has 0 radical (unpaired) electrons. The molecule has 0 saturated heterocycles. The lowest BCUT2D eigenvalue weighted by Gasteiger charge is -2.05. The Morgan fingerprint density at radius 3 is 1.91 bits per heavy atom. The van der Waals surface area contributed by atoms with Gasteiger partial charge in [0, 0.05) is 19.3 Å². The van der Waals surface area contributed by atoms with Crippen molar-refractivity contribution in [3.8, 4) is 17.2 Å². The molecule has 1 aromatic heterocycles. The highest BCUT2D eigenvalue weighted by Gasteiger charge is 2.02. The summed E-state index contributed by atoms with van der Waals surface area (Å²) in [5.74, 6) is -0.230. The van der Waals surface area contributed by atoms with Crippen molar-refractivity contribution < 1.29 is 9.18 Å². The fourth-order valence-corrected chi connectivity index (χ4v) is 2.83. The summed E-state index contributed by atoms with van der Waals surface area (Å²) in [6.45, 7) is 10.4. The molecule has 0 aliphatic carbocycles. The molecule has 1 amide bonds. The van der Waals surface area contributed by atoms with Crippen molar-refractivity contribution in [1.82, 2.24) is 9.88 Å². The lowest BCUT2D eigenvalue weighted by molar-refractivity contribution is -0.109. The number of rotatable bonds is 10. The van der Waals surface area contributed by atoms with Gasteiger partial charge in [0.25, 0.3) is 0 Å². The van der Waals surface area contributed by atoms with Gasteiger partial charge in [-0.15, -0.1) is 0 Å². The molecular formula is C28H44FN3O2. The summed E-state index contributed by atoms with van der Waals surface area (Å²) in [5, 5.41) is 9.88. The summed E-state index contributed by atoms with van der Waals surface area (Å²) < 4.78 is 14.9. The van der Waals surface area contributed by atoms with Crippen LogP contribution in [0.3, 0.4) is 0 Å². The van der Waals surface area contributed by atoms with E-state index in [1.54, 1.807) is 38.4 Å². The van der Waals surface area contributed by atoms with E-state index < -0.39 is 0 Å². The number of pyridine rings is 1. The largest absolute Gasteiger partial charge is 0.346 e. The minimum Gasteiger partial charge on any atom is -0.346 e. The van der Waals surface area contributed by atoms with Gasteiger partial charge in [0.1, 0.15) is 12.4 Å². The SMILES string of the molecule is CC.CCCCCCCCCC.Cc1ccc(-c2ccc(=O)n(C)c2)cc1F.N#CCNC=O. The number of aryl methyl sites for hydroxylation is 2. The van der Waals surface area contributed by atoms with Crippen LogP contribution in [0.2, 0.25) is 0 Å². The lowest BCUT2D eigenvalue weighted by atomic mass is 10.1. The number of benzene rings is 1. The maximum Gasteiger partial charge on any atom is 0.250 e. The van der Waals surface area contributed by atoms with Gasteiger partial charge in [-0.1, -0.05) is 91.2 Å². The average molecular weight is 474 g/mol. The summed E-state index contributed by atoms with van der Waals surface area (Å²) in [4.78, 5) is 20.5. The summed E-state index contributed by atoms with van der Waals surface area (Å²) in [6.07, 6.45) is 13.7. The molecule has 1 aromatic carbocycles. The van der Waals surface area contributed by atoms with Crippen LogP contribution in [0.5, 0.6) is 0 Å². The molecule has 5 nitrogen and oxygen atoms in total. The van der Waals surface area contributed by atoms with Crippen molar-refractivity contribution in [1.29, 1.82) is 5.26 Å². The molecule has 0 aliphatic rings. The highest BCUT2D eigenvalue weighted by molar-refractivity contribution is 5.62. The summed E-state index contributed by atoms with van der Waals surface area (Å²) >= 11 is 0. The molecule has 0 atom stereocenters. The van der Waals surface area contributed by atoms with Gasteiger partial charge in [-0.3, -0.25) is 9.59 Å². The van der Waals surface area contributed by atoms with Crippen LogP contribution in [0.1, 0.15) is 84.6 Å². The van der Waals surface area contributed by atoms with E-state index in [-0.39, 0.29) is 17.9 Å². The first-order valence-electron chi connectivity index (χ1n) is 12.4. The van der Waals surface area contributed by atoms with E-state index in [1.165, 1.54) is 68.1 Å². The van der Waals surface area contributed by atoms with Crippen molar-refractivity contribution >= 4 is 6.41 Å². The average Bonchev–Trinajstić information content (AvgIpc) is 2.85. The fraction of sp³-hybridized carbons (Fsp3) is 0.536. The Bertz CT molecular complexity index is 865. The highest BCUT2D eigenvalue weighted by atomic mass is 19.1. The number of aromatic nitrogens is 1. The maximum atomic E-state index is 13.4.